The lowest BCUT2D eigenvalue weighted by Crippen LogP contribution is -2.46. The van der Waals surface area contributed by atoms with E-state index in [1.165, 1.54) is 31.6 Å². The van der Waals surface area contributed by atoms with Crippen molar-refractivity contribution in [2.24, 2.45) is 4.99 Å². The molecule has 164 valence electrons. The number of nitrogens with zero attached hydrogens (tertiary/aromatic N) is 4. The molecule has 30 heavy (non-hydrogen) atoms. The van der Waals surface area contributed by atoms with Gasteiger partial charge in [0.1, 0.15) is 0 Å². The summed E-state index contributed by atoms with van der Waals surface area (Å²) in [4.78, 5) is 13.8. The van der Waals surface area contributed by atoms with Gasteiger partial charge in [-0.2, -0.15) is 0 Å². The minimum atomic E-state index is 0. The molecule has 0 radical (unpaired) electrons. The van der Waals surface area contributed by atoms with Gasteiger partial charge in [-0.25, -0.2) is 0 Å². The van der Waals surface area contributed by atoms with E-state index in [2.05, 4.69) is 60.7 Å². The van der Waals surface area contributed by atoms with Crippen LogP contribution in [0.5, 0.6) is 0 Å². The third kappa shape index (κ3) is 8.97. The molecule has 0 atom stereocenters. The van der Waals surface area contributed by atoms with E-state index in [-0.39, 0.29) is 24.0 Å². The number of unbranched alkanes of at least 4 members (excludes halogenated alkanes) is 1. The molecular weight excluding hydrogens is 487 g/mol. The standard InChI is InChI=1S/C23H34N6.HI/c1-24-23(27-19-22-11-5-6-12-25-22)26-13-7-8-14-28-15-17-29(18-16-28)20-21-9-3-2-4-10-21;/h2-6,9-12H,7-8,13-20H2,1H3,(H2,24,26,27);1H. The fourth-order valence-electron chi connectivity index (χ4n) is 3.58. The second-order valence-corrected chi connectivity index (χ2v) is 7.48. The van der Waals surface area contributed by atoms with Gasteiger partial charge in [-0.1, -0.05) is 36.4 Å². The van der Waals surface area contributed by atoms with Crippen LogP contribution in [0.25, 0.3) is 0 Å². The number of hydrogen-bond acceptors (Lipinski definition) is 4. The van der Waals surface area contributed by atoms with E-state index < -0.39 is 0 Å². The molecule has 0 saturated carbocycles. The van der Waals surface area contributed by atoms with Gasteiger partial charge in [0.2, 0.25) is 0 Å². The van der Waals surface area contributed by atoms with E-state index in [1.54, 1.807) is 0 Å². The zero-order chi connectivity index (χ0) is 20.2. The number of halogens is 1. The maximum absolute atomic E-state index is 4.32. The first-order chi connectivity index (χ1) is 14.3. The Morgan fingerprint density at radius 3 is 2.37 bits per heavy atom. The largest absolute Gasteiger partial charge is 0.356 e. The van der Waals surface area contributed by atoms with Gasteiger partial charge in [0.05, 0.1) is 12.2 Å². The Morgan fingerprint density at radius 2 is 1.67 bits per heavy atom. The summed E-state index contributed by atoms with van der Waals surface area (Å²) in [5, 5.41) is 6.71. The summed E-state index contributed by atoms with van der Waals surface area (Å²) in [6.45, 7) is 8.56. The summed E-state index contributed by atoms with van der Waals surface area (Å²) >= 11 is 0. The number of guanidine groups is 1. The zero-order valence-electron chi connectivity index (χ0n) is 18.0. The number of aliphatic imine (C=N–C) groups is 1. The lowest BCUT2D eigenvalue weighted by Gasteiger charge is -2.34. The minimum Gasteiger partial charge on any atom is -0.356 e. The van der Waals surface area contributed by atoms with Crippen molar-refractivity contribution in [2.45, 2.75) is 25.9 Å². The molecule has 0 bridgehead atoms. The van der Waals surface area contributed by atoms with Gasteiger partial charge in [-0.15, -0.1) is 24.0 Å². The van der Waals surface area contributed by atoms with Gasteiger partial charge in [-0.05, 0) is 37.1 Å². The van der Waals surface area contributed by atoms with Crippen molar-refractivity contribution >= 4 is 29.9 Å². The monoisotopic (exact) mass is 522 g/mol. The zero-order valence-corrected chi connectivity index (χ0v) is 20.3. The summed E-state index contributed by atoms with van der Waals surface area (Å²) in [6, 6.07) is 16.7. The minimum absolute atomic E-state index is 0. The molecule has 1 aliphatic heterocycles. The topological polar surface area (TPSA) is 55.8 Å². The van der Waals surface area contributed by atoms with E-state index in [4.69, 9.17) is 0 Å². The Balaban J connectivity index is 0.00000320. The van der Waals surface area contributed by atoms with Gasteiger partial charge in [0.15, 0.2) is 5.96 Å². The summed E-state index contributed by atoms with van der Waals surface area (Å²) in [6.07, 6.45) is 4.17. The van der Waals surface area contributed by atoms with E-state index in [9.17, 15) is 0 Å². The molecule has 2 N–H and O–H groups in total. The molecule has 0 unspecified atom stereocenters. The van der Waals surface area contributed by atoms with Crippen LogP contribution in [0.1, 0.15) is 24.1 Å². The second kappa shape index (κ2) is 14.3. The fourth-order valence-corrected chi connectivity index (χ4v) is 3.58. The molecule has 0 spiro atoms. The number of rotatable bonds is 9. The van der Waals surface area contributed by atoms with Crippen LogP contribution in [0, 0.1) is 0 Å². The van der Waals surface area contributed by atoms with Crippen molar-refractivity contribution in [3.05, 3.63) is 66.0 Å². The van der Waals surface area contributed by atoms with Gasteiger partial charge in [-0.3, -0.25) is 14.9 Å². The Hall–Kier alpha value is -1.71. The molecule has 6 nitrogen and oxygen atoms in total. The Kier molecular flexibility index (Phi) is 11.7. The highest BCUT2D eigenvalue weighted by Gasteiger charge is 2.16. The van der Waals surface area contributed by atoms with E-state index in [0.29, 0.717) is 6.54 Å². The van der Waals surface area contributed by atoms with Crippen molar-refractivity contribution in [3.8, 4) is 0 Å². The predicted molar refractivity (Wildman–Crippen MR) is 135 cm³/mol. The number of pyridine rings is 1. The summed E-state index contributed by atoms with van der Waals surface area (Å²) in [5.41, 5.74) is 2.43. The van der Waals surface area contributed by atoms with Crippen LogP contribution in [0.15, 0.2) is 59.7 Å². The lowest BCUT2D eigenvalue weighted by molar-refractivity contribution is 0.126. The Bertz CT molecular complexity index is 717. The lowest BCUT2D eigenvalue weighted by atomic mass is 10.2. The average Bonchev–Trinajstić information content (AvgIpc) is 2.78. The van der Waals surface area contributed by atoms with Gasteiger partial charge >= 0.3 is 0 Å². The maximum atomic E-state index is 4.32. The van der Waals surface area contributed by atoms with Crippen LogP contribution >= 0.6 is 24.0 Å². The van der Waals surface area contributed by atoms with Crippen LogP contribution in [0.4, 0.5) is 0 Å². The highest BCUT2D eigenvalue weighted by Crippen LogP contribution is 2.09. The molecule has 3 rings (SSSR count). The first kappa shape index (κ1) is 24.6. The number of aromatic nitrogens is 1. The first-order valence-electron chi connectivity index (χ1n) is 10.7. The van der Waals surface area contributed by atoms with Crippen LogP contribution in [0.3, 0.4) is 0 Å². The highest BCUT2D eigenvalue weighted by atomic mass is 127. The van der Waals surface area contributed by atoms with Crippen LogP contribution in [0.2, 0.25) is 0 Å². The van der Waals surface area contributed by atoms with E-state index >= 15 is 0 Å². The van der Waals surface area contributed by atoms with Gasteiger partial charge in [0.25, 0.3) is 0 Å². The van der Waals surface area contributed by atoms with Crippen molar-refractivity contribution in [2.75, 3.05) is 46.3 Å². The molecule has 1 aliphatic rings. The Labute approximate surface area is 198 Å². The van der Waals surface area contributed by atoms with Gasteiger partial charge < -0.3 is 15.5 Å². The normalized spacial score (nSPS) is 15.4. The number of benzene rings is 1. The quantitative estimate of drug-likeness (QED) is 0.230. The SMILES string of the molecule is CN=C(NCCCCN1CCN(Cc2ccccc2)CC1)NCc1ccccn1.I. The summed E-state index contributed by atoms with van der Waals surface area (Å²) in [5.74, 6) is 0.838. The molecule has 2 aromatic rings. The third-order valence-corrected chi connectivity index (χ3v) is 5.29. The van der Waals surface area contributed by atoms with E-state index in [1.807, 2.05) is 31.4 Å². The smallest absolute Gasteiger partial charge is 0.191 e. The van der Waals surface area contributed by atoms with Crippen molar-refractivity contribution in [1.29, 1.82) is 0 Å². The molecule has 0 aliphatic carbocycles. The van der Waals surface area contributed by atoms with Crippen molar-refractivity contribution in [1.82, 2.24) is 25.4 Å². The fraction of sp³-hybridized carbons (Fsp3) is 0.478. The molecule has 2 heterocycles. The summed E-state index contributed by atoms with van der Waals surface area (Å²) in [7, 11) is 1.81. The molecule has 1 aromatic carbocycles. The predicted octanol–water partition coefficient (Wildman–Crippen LogP) is 2.96. The van der Waals surface area contributed by atoms with Crippen LogP contribution < -0.4 is 10.6 Å². The maximum Gasteiger partial charge on any atom is 0.191 e. The average molecular weight is 522 g/mol. The number of hydrogen-bond donors (Lipinski definition) is 2. The highest BCUT2D eigenvalue weighted by molar-refractivity contribution is 14.0. The molecule has 7 heteroatoms. The molecule has 0 amide bonds. The number of nitrogens with one attached hydrogen (secondary N) is 2. The van der Waals surface area contributed by atoms with E-state index in [0.717, 1.165) is 44.3 Å². The van der Waals surface area contributed by atoms with Crippen LogP contribution in [-0.4, -0.2) is 67.1 Å². The van der Waals surface area contributed by atoms with Crippen LogP contribution in [-0.2, 0) is 13.1 Å². The second-order valence-electron chi connectivity index (χ2n) is 7.48. The first-order valence-corrected chi connectivity index (χ1v) is 10.7. The molecule has 1 fully saturated rings. The molecule has 1 saturated heterocycles. The van der Waals surface area contributed by atoms with Crippen molar-refractivity contribution in [3.63, 3.8) is 0 Å². The summed E-state index contributed by atoms with van der Waals surface area (Å²) < 4.78 is 0. The Morgan fingerprint density at radius 1 is 0.933 bits per heavy atom. The van der Waals surface area contributed by atoms with Gasteiger partial charge in [0, 0.05) is 52.5 Å². The van der Waals surface area contributed by atoms with Crippen molar-refractivity contribution < 1.29 is 0 Å². The molecule has 1 aromatic heterocycles. The molecular formula is C23H35IN6. The third-order valence-electron chi connectivity index (χ3n) is 5.29. The number of piperazine rings is 1.